The molecule has 17 heavy (non-hydrogen) atoms. The van der Waals surface area contributed by atoms with Crippen molar-refractivity contribution in [3.63, 3.8) is 0 Å². The van der Waals surface area contributed by atoms with Gasteiger partial charge in [-0.15, -0.1) is 0 Å². The summed E-state index contributed by atoms with van der Waals surface area (Å²) in [5.41, 5.74) is 2.04. The fourth-order valence-electron chi connectivity index (χ4n) is 1.73. The predicted molar refractivity (Wildman–Crippen MR) is 69.9 cm³/mol. The normalized spacial score (nSPS) is 19.9. The molecule has 0 aliphatic carbocycles. The Morgan fingerprint density at radius 1 is 1.71 bits per heavy atom. The lowest BCUT2D eigenvalue weighted by atomic mass is 10.2. The van der Waals surface area contributed by atoms with Crippen molar-refractivity contribution >= 4 is 17.7 Å². The van der Waals surface area contributed by atoms with E-state index in [9.17, 15) is 4.79 Å². The molecule has 0 saturated carbocycles. The van der Waals surface area contributed by atoms with Crippen LogP contribution in [0.4, 0.5) is 0 Å². The Labute approximate surface area is 106 Å². The Hall–Kier alpha value is -1.07. The lowest BCUT2D eigenvalue weighted by molar-refractivity contribution is -0.122. The molecule has 0 bridgehead atoms. The maximum absolute atomic E-state index is 11.9. The van der Waals surface area contributed by atoms with Gasteiger partial charge in [0.1, 0.15) is 0 Å². The highest BCUT2D eigenvalue weighted by molar-refractivity contribution is 7.99. The summed E-state index contributed by atoms with van der Waals surface area (Å²) in [4.78, 5) is 16.1. The number of pyridine rings is 1. The van der Waals surface area contributed by atoms with Gasteiger partial charge in [0.2, 0.25) is 5.91 Å². The van der Waals surface area contributed by atoms with E-state index in [1.807, 2.05) is 30.8 Å². The molecule has 2 N–H and O–H groups in total. The molecule has 2 rings (SSSR count). The first kappa shape index (κ1) is 12.4. The van der Waals surface area contributed by atoms with Crippen LogP contribution in [-0.2, 0) is 11.3 Å². The van der Waals surface area contributed by atoms with Gasteiger partial charge in [0, 0.05) is 24.2 Å². The smallest absolute Gasteiger partial charge is 0.238 e. The molecule has 1 aromatic heterocycles. The Bertz CT molecular complexity index is 391. The van der Waals surface area contributed by atoms with Gasteiger partial charge in [-0.05, 0) is 18.6 Å². The van der Waals surface area contributed by atoms with Gasteiger partial charge in [-0.1, -0.05) is 6.07 Å². The second-order valence-electron chi connectivity index (χ2n) is 4.07. The third kappa shape index (κ3) is 3.44. The summed E-state index contributed by atoms with van der Waals surface area (Å²) in [6, 6.07) is 3.85. The second-order valence-corrected chi connectivity index (χ2v) is 5.22. The molecule has 1 aromatic rings. The fourth-order valence-corrected chi connectivity index (χ4v) is 2.67. The minimum Gasteiger partial charge on any atom is -0.349 e. The maximum atomic E-state index is 11.9. The number of hydrogen-bond acceptors (Lipinski definition) is 4. The Morgan fingerprint density at radius 2 is 2.59 bits per heavy atom. The molecule has 1 atom stereocenters. The summed E-state index contributed by atoms with van der Waals surface area (Å²) in [5.74, 6) is 2.01. The number of thioether (sulfide) groups is 1. The lowest BCUT2D eigenvalue weighted by Gasteiger charge is -2.22. The standard InChI is InChI=1S/C12H17N3OS/c1-9-3-2-4-13-10(9)7-15-12(16)11-8-17-6-5-14-11/h2-4,11,14H,5-8H2,1H3,(H,15,16). The number of nitrogens with one attached hydrogen (secondary N) is 2. The van der Waals surface area contributed by atoms with Crippen LogP contribution in [0.2, 0.25) is 0 Å². The number of nitrogens with zero attached hydrogens (tertiary/aromatic N) is 1. The van der Waals surface area contributed by atoms with Crippen LogP contribution < -0.4 is 10.6 Å². The summed E-state index contributed by atoms with van der Waals surface area (Å²) in [5, 5.41) is 6.15. The molecule has 0 spiro atoms. The molecule has 0 radical (unpaired) electrons. The van der Waals surface area contributed by atoms with E-state index < -0.39 is 0 Å². The quantitative estimate of drug-likeness (QED) is 0.831. The summed E-state index contributed by atoms with van der Waals surface area (Å²) in [6.07, 6.45) is 1.75. The molecule has 1 unspecified atom stereocenters. The van der Waals surface area contributed by atoms with Crippen molar-refractivity contribution < 1.29 is 4.79 Å². The minimum atomic E-state index is -0.0576. The minimum absolute atomic E-state index is 0.0576. The van der Waals surface area contributed by atoms with Crippen molar-refractivity contribution in [2.45, 2.75) is 19.5 Å². The molecule has 0 aromatic carbocycles. The molecule has 1 amide bonds. The van der Waals surface area contributed by atoms with E-state index in [1.54, 1.807) is 6.20 Å². The number of hydrogen-bond donors (Lipinski definition) is 2. The fraction of sp³-hybridized carbons (Fsp3) is 0.500. The van der Waals surface area contributed by atoms with E-state index in [4.69, 9.17) is 0 Å². The Balaban J connectivity index is 1.85. The SMILES string of the molecule is Cc1cccnc1CNC(=O)C1CSCCN1. The summed E-state index contributed by atoms with van der Waals surface area (Å²) in [7, 11) is 0. The maximum Gasteiger partial charge on any atom is 0.238 e. The number of rotatable bonds is 3. The average Bonchev–Trinajstić information content (AvgIpc) is 2.38. The number of carbonyl (C=O) groups excluding carboxylic acids is 1. The summed E-state index contributed by atoms with van der Waals surface area (Å²) >= 11 is 1.82. The van der Waals surface area contributed by atoms with E-state index >= 15 is 0 Å². The van der Waals surface area contributed by atoms with Crippen LogP contribution in [0.3, 0.4) is 0 Å². The van der Waals surface area contributed by atoms with Crippen molar-refractivity contribution in [2.24, 2.45) is 0 Å². The van der Waals surface area contributed by atoms with Crippen molar-refractivity contribution in [1.29, 1.82) is 0 Å². The molecule has 1 aliphatic rings. The average molecular weight is 251 g/mol. The van der Waals surface area contributed by atoms with E-state index in [0.717, 1.165) is 29.3 Å². The van der Waals surface area contributed by atoms with Crippen molar-refractivity contribution in [3.8, 4) is 0 Å². The Morgan fingerprint density at radius 3 is 3.29 bits per heavy atom. The van der Waals surface area contributed by atoms with E-state index in [1.165, 1.54) is 0 Å². The lowest BCUT2D eigenvalue weighted by Crippen LogP contribution is -2.48. The molecule has 1 saturated heterocycles. The van der Waals surface area contributed by atoms with Gasteiger partial charge >= 0.3 is 0 Å². The zero-order chi connectivity index (χ0) is 12.1. The molecule has 92 valence electrons. The number of carbonyl (C=O) groups is 1. The highest BCUT2D eigenvalue weighted by Crippen LogP contribution is 2.08. The first-order valence-electron chi connectivity index (χ1n) is 5.76. The van der Waals surface area contributed by atoms with Gasteiger partial charge in [0.05, 0.1) is 18.3 Å². The largest absolute Gasteiger partial charge is 0.349 e. The zero-order valence-electron chi connectivity index (χ0n) is 9.90. The monoisotopic (exact) mass is 251 g/mol. The van der Waals surface area contributed by atoms with Crippen LogP contribution in [0.25, 0.3) is 0 Å². The first-order chi connectivity index (χ1) is 8.27. The van der Waals surface area contributed by atoms with E-state index in [0.29, 0.717) is 6.54 Å². The van der Waals surface area contributed by atoms with Crippen LogP contribution in [0, 0.1) is 6.92 Å². The molecule has 4 nitrogen and oxygen atoms in total. The molecule has 5 heteroatoms. The van der Waals surface area contributed by atoms with Crippen molar-refractivity contribution in [1.82, 2.24) is 15.6 Å². The third-order valence-corrected chi connectivity index (χ3v) is 3.85. The molecule has 1 aliphatic heterocycles. The van der Waals surface area contributed by atoms with Gasteiger partial charge < -0.3 is 10.6 Å². The van der Waals surface area contributed by atoms with Crippen LogP contribution in [0.1, 0.15) is 11.3 Å². The number of aryl methyl sites for hydroxylation is 1. The van der Waals surface area contributed by atoms with Crippen molar-refractivity contribution in [3.05, 3.63) is 29.6 Å². The first-order valence-corrected chi connectivity index (χ1v) is 6.92. The topological polar surface area (TPSA) is 54.0 Å². The molecule has 2 heterocycles. The van der Waals surface area contributed by atoms with Gasteiger partial charge in [0.25, 0.3) is 0 Å². The second kappa shape index (κ2) is 6.02. The summed E-state index contributed by atoms with van der Waals surface area (Å²) in [6.45, 7) is 3.42. The highest BCUT2D eigenvalue weighted by Gasteiger charge is 2.20. The zero-order valence-corrected chi connectivity index (χ0v) is 10.7. The molecular weight excluding hydrogens is 234 g/mol. The third-order valence-electron chi connectivity index (χ3n) is 2.79. The predicted octanol–water partition coefficient (Wildman–Crippen LogP) is 0.711. The van der Waals surface area contributed by atoms with Gasteiger partial charge in [-0.25, -0.2) is 0 Å². The van der Waals surface area contributed by atoms with Crippen molar-refractivity contribution in [2.75, 3.05) is 18.1 Å². The van der Waals surface area contributed by atoms with Gasteiger partial charge in [-0.2, -0.15) is 11.8 Å². The van der Waals surface area contributed by atoms with Gasteiger partial charge in [0.15, 0.2) is 0 Å². The highest BCUT2D eigenvalue weighted by atomic mass is 32.2. The Kier molecular flexibility index (Phi) is 4.39. The van der Waals surface area contributed by atoms with Crippen LogP contribution in [0.5, 0.6) is 0 Å². The summed E-state index contributed by atoms with van der Waals surface area (Å²) < 4.78 is 0. The van der Waals surface area contributed by atoms with E-state index in [2.05, 4.69) is 15.6 Å². The number of amides is 1. The van der Waals surface area contributed by atoms with Crippen LogP contribution >= 0.6 is 11.8 Å². The van der Waals surface area contributed by atoms with E-state index in [-0.39, 0.29) is 11.9 Å². The molecule has 1 fully saturated rings. The number of aromatic nitrogens is 1. The van der Waals surface area contributed by atoms with Crippen LogP contribution in [-0.4, -0.2) is 35.0 Å². The molecular formula is C12H17N3OS. The van der Waals surface area contributed by atoms with Gasteiger partial charge in [-0.3, -0.25) is 9.78 Å². The van der Waals surface area contributed by atoms with Crippen LogP contribution in [0.15, 0.2) is 18.3 Å².